The Hall–Kier alpha value is 0.190. The van der Waals surface area contributed by atoms with Crippen LogP contribution in [0.2, 0.25) is 0 Å². The molecule has 4 N–H and O–H groups in total. The maximum atomic E-state index is 8.95. The molecule has 0 amide bonds. The molecular formula is C8H19NO3S. The van der Waals surface area contributed by atoms with Crippen molar-refractivity contribution >= 4 is 11.8 Å². The molecule has 0 heterocycles. The molecule has 0 atom stereocenters. The molecule has 5 heteroatoms. The maximum absolute atomic E-state index is 8.95. The van der Waals surface area contributed by atoms with Crippen LogP contribution in [-0.4, -0.2) is 59.2 Å². The van der Waals surface area contributed by atoms with Crippen molar-refractivity contribution in [1.29, 1.82) is 0 Å². The minimum Gasteiger partial charge on any atom is -0.394 e. The van der Waals surface area contributed by atoms with Gasteiger partial charge in [-0.25, -0.2) is 0 Å². The van der Waals surface area contributed by atoms with Gasteiger partial charge in [0.05, 0.1) is 25.4 Å². The Kier molecular flexibility index (Phi) is 7.69. The summed E-state index contributed by atoms with van der Waals surface area (Å²) in [5.74, 6) is 1.03. The van der Waals surface area contributed by atoms with E-state index in [1.807, 2.05) is 6.26 Å². The zero-order valence-corrected chi connectivity index (χ0v) is 8.81. The van der Waals surface area contributed by atoms with Crippen LogP contribution in [0, 0.1) is 0 Å². The van der Waals surface area contributed by atoms with Crippen molar-refractivity contribution in [1.82, 2.24) is 5.32 Å². The van der Waals surface area contributed by atoms with Crippen LogP contribution in [0.5, 0.6) is 0 Å². The summed E-state index contributed by atoms with van der Waals surface area (Å²) in [5, 5.41) is 29.8. The van der Waals surface area contributed by atoms with Crippen molar-refractivity contribution in [2.45, 2.75) is 12.0 Å². The first kappa shape index (κ1) is 13.2. The van der Waals surface area contributed by atoms with Crippen LogP contribution in [0.15, 0.2) is 0 Å². The van der Waals surface area contributed by atoms with Crippen molar-refractivity contribution in [3.63, 3.8) is 0 Å². The number of rotatable bonds is 8. The summed E-state index contributed by atoms with van der Waals surface area (Å²) in [6, 6.07) is 0. The van der Waals surface area contributed by atoms with Crippen molar-refractivity contribution < 1.29 is 15.3 Å². The van der Waals surface area contributed by atoms with Gasteiger partial charge in [0.25, 0.3) is 0 Å². The predicted molar refractivity (Wildman–Crippen MR) is 55.0 cm³/mol. The largest absolute Gasteiger partial charge is 0.394 e. The third-order valence-corrected chi connectivity index (χ3v) is 2.63. The van der Waals surface area contributed by atoms with E-state index in [9.17, 15) is 0 Å². The number of aliphatic hydroxyl groups is 3. The average molecular weight is 209 g/mol. The predicted octanol–water partition coefficient (Wildman–Crippen LogP) is -0.955. The highest BCUT2D eigenvalue weighted by Crippen LogP contribution is 2.02. The second-order valence-electron chi connectivity index (χ2n) is 3.03. The molecule has 0 unspecified atom stereocenters. The summed E-state index contributed by atoms with van der Waals surface area (Å²) in [4.78, 5) is 0. The van der Waals surface area contributed by atoms with Crippen LogP contribution in [0.25, 0.3) is 0 Å². The topological polar surface area (TPSA) is 72.7 Å². The third-order valence-electron chi connectivity index (χ3n) is 1.93. The number of nitrogens with one attached hydrogen (secondary N) is 1. The second kappa shape index (κ2) is 7.58. The van der Waals surface area contributed by atoms with Crippen molar-refractivity contribution in [3.05, 3.63) is 0 Å². The molecule has 0 saturated carbocycles. The Morgan fingerprint density at radius 2 is 1.69 bits per heavy atom. The lowest BCUT2D eigenvalue weighted by Gasteiger charge is -2.28. The summed E-state index contributed by atoms with van der Waals surface area (Å²) in [6.07, 6.45) is 2.99. The Balaban J connectivity index is 3.68. The van der Waals surface area contributed by atoms with Gasteiger partial charge in [-0.3, -0.25) is 0 Å². The third kappa shape index (κ3) is 4.83. The molecule has 0 rings (SSSR count). The number of thioether (sulfide) groups is 1. The van der Waals surface area contributed by atoms with Crippen LogP contribution in [0.1, 0.15) is 6.42 Å². The summed E-state index contributed by atoms with van der Waals surface area (Å²) in [7, 11) is 0. The van der Waals surface area contributed by atoms with Gasteiger partial charge in [0.2, 0.25) is 0 Å². The highest BCUT2D eigenvalue weighted by molar-refractivity contribution is 7.98. The smallest absolute Gasteiger partial charge is 0.0881 e. The van der Waals surface area contributed by atoms with Gasteiger partial charge in [0.15, 0.2) is 0 Å². The van der Waals surface area contributed by atoms with Gasteiger partial charge in [0, 0.05) is 0 Å². The first-order chi connectivity index (χ1) is 6.24. The molecule has 0 aromatic carbocycles. The zero-order valence-electron chi connectivity index (χ0n) is 7.99. The molecule has 0 aliphatic carbocycles. The molecule has 80 valence electrons. The van der Waals surface area contributed by atoms with E-state index in [-0.39, 0.29) is 19.8 Å². The molecule has 0 spiro atoms. The number of aliphatic hydroxyl groups excluding tert-OH is 3. The zero-order chi connectivity index (χ0) is 10.2. The Morgan fingerprint density at radius 1 is 1.15 bits per heavy atom. The fourth-order valence-electron chi connectivity index (χ4n) is 0.888. The molecule has 0 radical (unpaired) electrons. The highest BCUT2D eigenvalue weighted by atomic mass is 32.2. The normalized spacial score (nSPS) is 12.0. The lowest BCUT2D eigenvalue weighted by atomic mass is 10.0. The SMILES string of the molecule is CSCCCNC(CO)(CO)CO. The van der Waals surface area contributed by atoms with E-state index in [0.29, 0.717) is 6.54 Å². The molecule has 0 aliphatic heterocycles. The van der Waals surface area contributed by atoms with Gasteiger partial charge < -0.3 is 20.6 Å². The van der Waals surface area contributed by atoms with E-state index in [4.69, 9.17) is 15.3 Å². The Bertz CT molecular complexity index is 112. The van der Waals surface area contributed by atoms with Gasteiger partial charge in [0.1, 0.15) is 0 Å². The molecule has 4 nitrogen and oxygen atoms in total. The fraction of sp³-hybridized carbons (Fsp3) is 1.00. The molecule has 0 aliphatic rings. The van der Waals surface area contributed by atoms with E-state index < -0.39 is 5.54 Å². The van der Waals surface area contributed by atoms with Gasteiger partial charge in [-0.15, -0.1) is 0 Å². The summed E-state index contributed by atoms with van der Waals surface area (Å²) in [6.45, 7) is -0.0552. The Morgan fingerprint density at radius 3 is 2.08 bits per heavy atom. The molecule has 13 heavy (non-hydrogen) atoms. The lowest BCUT2D eigenvalue weighted by molar-refractivity contribution is 0.0430. The standard InChI is InChI=1S/C8H19NO3S/c1-13-4-2-3-9-8(5-10,6-11)7-12/h9-12H,2-7H2,1H3. The summed E-state index contributed by atoms with van der Waals surface area (Å²) in [5.41, 5.74) is -0.918. The number of hydrogen-bond acceptors (Lipinski definition) is 5. The lowest BCUT2D eigenvalue weighted by Crippen LogP contribution is -2.55. The van der Waals surface area contributed by atoms with E-state index >= 15 is 0 Å². The average Bonchev–Trinajstić information content (AvgIpc) is 2.20. The van der Waals surface area contributed by atoms with Crippen molar-refractivity contribution in [2.24, 2.45) is 0 Å². The van der Waals surface area contributed by atoms with Crippen molar-refractivity contribution in [3.8, 4) is 0 Å². The quantitative estimate of drug-likeness (QED) is 0.388. The van der Waals surface area contributed by atoms with Gasteiger partial charge in [-0.1, -0.05) is 0 Å². The first-order valence-electron chi connectivity index (χ1n) is 4.31. The molecular weight excluding hydrogens is 190 g/mol. The number of hydrogen-bond donors (Lipinski definition) is 4. The van der Waals surface area contributed by atoms with Crippen molar-refractivity contribution in [2.75, 3.05) is 38.4 Å². The first-order valence-corrected chi connectivity index (χ1v) is 5.70. The van der Waals surface area contributed by atoms with E-state index in [1.165, 1.54) is 0 Å². The molecule has 0 saturated heterocycles. The minimum absolute atomic E-state index is 0.251. The monoisotopic (exact) mass is 209 g/mol. The molecule has 0 aromatic rings. The fourth-order valence-corrected chi connectivity index (χ4v) is 1.32. The second-order valence-corrected chi connectivity index (χ2v) is 4.01. The minimum atomic E-state index is -0.918. The van der Waals surface area contributed by atoms with Crippen LogP contribution < -0.4 is 5.32 Å². The maximum Gasteiger partial charge on any atom is 0.0881 e. The van der Waals surface area contributed by atoms with Gasteiger partial charge in [-0.2, -0.15) is 11.8 Å². The van der Waals surface area contributed by atoms with Crippen LogP contribution >= 0.6 is 11.8 Å². The van der Waals surface area contributed by atoms with Crippen LogP contribution in [-0.2, 0) is 0 Å². The van der Waals surface area contributed by atoms with E-state index in [2.05, 4.69) is 5.32 Å². The molecule has 0 aromatic heterocycles. The van der Waals surface area contributed by atoms with Gasteiger partial charge >= 0.3 is 0 Å². The Labute approximate surface area is 83.3 Å². The molecule has 0 fully saturated rings. The van der Waals surface area contributed by atoms with Crippen LogP contribution in [0.4, 0.5) is 0 Å². The van der Waals surface area contributed by atoms with E-state index in [1.54, 1.807) is 11.8 Å². The summed E-state index contributed by atoms with van der Waals surface area (Å²) >= 11 is 1.75. The van der Waals surface area contributed by atoms with E-state index in [0.717, 1.165) is 12.2 Å². The highest BCUT2D eigenvalue weighted by Gasteiger charge is 2.26. The van der Waals surface area contributed by atoms with Gasteiger partial charge in [-0.05, 0) is 25.0 Å². The summed E-state index contributed by atoms with van der Waals surface area (Å²) < 4.78 is 0. The molecule has 0 bridgehead atoms. The van der Waals surface area contributed by atoms with Crippen LogP contribution in [0.3, 0.4) is 0 Å².